The van der Waals surface area contributed by atoms with E-state index >= 15 is 0 Å². The lowest BCUT2D eigenvalue weighted by Crippen LogP contribution is -2.41. The highest BCUT2D eigenvalue weighted by atomic mass is 32.2. The van der Waals surface area contributed by atoms with E-state index in [2.05, 4.69) is 51.5 Å². The number of carbonyl (C=O) groups is 1. The molecule has 0 saturated carbocycles. The molecule has 33 heavy (non-hydrogen) atoms. The van der Waals surface area contributed by atoms with Crippen molar-refractivity contribution in [2.24, 2.45) is 0 Å². The van der Waals surface area contributed by atoms with Crippen LogP contribution < -0.4 is 15.4 Å². The highest BCUT2D eigenvalue weighted by molar-refractivity contribution is 7.96. The molecule has 1 heterocycles. The molecule has 0 spiro atoms. The van der Waals surface area contributed by atoms with Crippen molar-refractivity contribution in [3.8, 4) is 0 Å². The van der Waals surface area contributed by atoms with E-state index < -0.39 is 0 Å². The van der Waals surface area contributed by atoms with E-state index in [9.17, 15) is 4.79 Å². The second-order valence-electron chi connectivity index (χ2n) is 7.09. The lowest BCUT2D eigenvalue weighted by molar-refractivity contribution is -0.120. The van der Waals surface area contributed by atoms with Crippen molar-refractivity contribution in [2.75, 3.05) is 31.8 Å². The van der Waals surface area contributed by atoms with Crippen LogP contribution in [0.25, 0.3) is 0 Å². The molecule has 3 rings (SSSR count). The summed E-state index contributed by atoms with van der Waals surface area (Å²) in [5.41, 5.74) is 3.59. The molecule has 0 aliphatic carbocycles. The van der Waals surface area contributed by atoms with Crippen LogP contribution in [0.2, 0.25) is 0 Å². The number of anilines is 1. The number of aryl methyl sites for hydroxylation is 1. The van der Waals surface area contributed by atoms with Gasteiger partial charge < -0.3 is 15.7 Å². The molecule has 4 N–H and O–H groups in total. The molecule has 0 saturated heterocycles. The van der Waals surface area contributed by atoms with Gasteiger partial charge in [-0.25, -0.2) is 0 Å². The second kappa shape index (κ2) is 18.7. The maximum atomic E-state index is 12.0. The fraction of sp³-hybridized carbons (Fsp3) is 0.308. The van der Waals surface area contributed by atoms with Crippen LogP contribution in [0.4, 0.5) is 5.69 Å². The molecule has 0 aliphatic heterocycles. The van der Waals surface area contributed by atoms with Gasteiger partial charge in [-0.2, -0.15) is 0 Å². The summed E-state index contributed by atoms with van der Waals surface area (Å²) < 4.78 is 2.98. The molecule has 6 nitrogen and oxygen atoms in total. The fourth-order valence-electron chi connectivity index (χ4n) is 2.94. The Labute approximate surface area is 202 Å². The SMILES string of the molecule is CO.CSNCC(=O)NC(CCNc1ccncc1)Cc1ccccc1.Cc1ccccc1. The average molecular weight is 469 g/mol. The van der Waals surface area contributed by atoms with Gasteiger partial charge in [0.2, 0.25) is 5.91 Å². The van der Waals surface area contributed by atoms with E-state index in [1.165, 1.54) is 23.1 Å². The topological polar surface area (TPSA) is 86.3 Å². The second-order valence-corrected chi connectivity index (χ2v) is 7.78. The molecule has 1 unspecified atom stereocenters. The first-order chi connectivity index (χ1) is 16.2. The van der Waals surface area contributed by atoms with Crippen LogP contribution in [0.15, 0.2) is 85.2 Å². The zero-order valence-corrected chi connectivity index (χ0v) is 20.5. The molecule has 3 aromatic rings. The predicted molar refractivity (Wildman–Crippen MR) is 140 cm³/mol. The maximum absolute atomic E-state index is 12.0. The molecule has 0 radical (unpaired) electrons. The van der Waals surface area contributed by atoms with Crippen LogP contribution in [-0.2, 0) is 11.2 Å². The van der Waals surface area contributed by atoms with Crippen LogP contribution in [-0.4, -0.2) is 48.5 Å². The van der Waals surface area contributed by atoms with Gasteiger partial charge in [0, 0.05) is 37.8 Å². The molecule has 2 aromatic carbocycles. The number of hydrogen-bond acceptors (Lipinski definition) is 6. The Hall–Kier alpha value is -2.87. The van der Waals surface area contributed by atoms with Gasteiger partial charge in [-0.05, 0) is 43.7 Å². The van der Waals surface area contributed by atoms with Crippen LogP contribution in [0.5, 0.6) is 0 Å². The van der Waals surface area contributed by atoms with Gasteiger partial charge in [-0.1, -0.05) is 78.2 Å². The van der Waals surface area contributed by atoms with Crippen LogP contribution in [0.3, 0.4) is 0 Å². The van der Waals surface area contributed by atoms with Crippen molar-refractivity contribution in [3.05, 3.63) is 96.3 Å². The van der Waals surface area contributed by atoms with E-state index in [1.54, 1.807) is 12.4 Å². The van der Waals surface area contributed by atoms with Gasteiger partial charge in [-0.3, -0.25) is 14.5 Å². The Balaban J connectivity index is 0.000000508. The van der Waals surface area contributed by atoms with Crippen molar-refractivity contribution >= 4 is 23.5 Å². The van der Waals surface area contributed by atoms with Gasteiger partial charge >= 0.3 is 0 Å². The Morgan fingerprint density at radius 1 is 0.970 bits per heavy atom. The molecular formula is C26H36N4O2S. The molecule has 0 fully saturated rings. The number of nitrogens with zero attached hydrogens (tertiary/aromatic N) is 1. The third-order valence-electron chi connectivity index (χ3n) is 4.51. The number of aliphatic hydroxyl groups excluding tert-OH is 1. The zero-order chi connectivity index (χ0) is 24.2. The summed E-state index contributed by atoms with van der Waals surface area (Å²) >= 11 is 1.45. The number of aromatic nitrogens is 1. The van der Waals surface area contributed by atoms with E-state index in [0.717, 1.165) is 32.2 Å². The quantitative estimate of drug-likeness (QED) is 0.336. The molecule has 178 valence electrons. The molecule has 1 atom stereocenters. The summed E-state index contributed by atoms with van der Waals surface area (Å²) in [4.78, 5) is 16.0. The first-order valence-electron chi connectivity index (χ1n) is 10.9. The zero-order valence-electron chi connectivity index (χ0n) is 19.7. The van der Waals surface area contributed by atoms with Crippen molar-refractivity contribution < 1.29 is 9.90 Å². The Kier molecular flexibility index (Phi) is 15.9. The summed E-state index contributed by atoms with van der Waals surface area (Å²) in [5.74, 6) is 0.0224. The van der Waals surface area contributed by atoms with E-state index in [0.29, 0.717) is 6.54 Å². The van der Waals surface area contributed by atoms with Gasteiger partial charge in [0.15, 0.2) is 0 Å². The van der Waals surface area contributed by atoms with Crippen molar-refractivity contribution in [1.29, 1.82) is 0 Å². The normalized spacial score (nSPS) is 10.5. The minimum atomic E-state index is 0.0224. The van der Waals surface area contributed by atoms with Crippen molar-refractivity contribution in [3.63, 3.8) is 0 Å². The summed E-state index contributed by atoms with van der Waals surface area (Å²) in [7, 11) is 1.00. The van der Waals surface area contributed by atoms with Gasteiger partial charge in [0.05, 0.1) is 6.54 Å². The van der Waals surface area contributed by atoms with Crippen LogP contribution in [0.1, 0.15) is 17.5 Å². The Morgan fingerprint density at radius 3 is 2.12 bits per heavy atom. The Morgan fingerprint density at radius 2 is 1.58 bits per heavy atom. The van der Waals surface area contributed by atoms with E-state index in [1.807, 2.05) is 54.8 Å². The van der Waals surface area contributed by atoms with Crippen LogP contribution in [0, 0.1) is 6.92 Å². The van der Waals surface area contributed by atoms with Crippen LogP contribution >= 0.6 is 11.9 Å². The standard InChI is InChI=1S/C18H24N4OS.C7H8.CH4O/c1-24-21-14-18(23)22-17(13-15-5-3-2-4-6-15)9-12-20-16-7-10-19-11-8-16;1-7-5-3-2-4-6-7;1-2/h2-8,10-11,17,21H,9,12-14H2,1H3,(H,19,20)(H,22,23);2-6H,1H3;2H,1H3. The predicted octanol–water partition coefficient (Wildman–Crippen LogP) is 4.08. The summed E-state index contributed by atoms with van der Waals surface area (Å²) in [6.45, 7) is 3.20. The molecule has 7 heteroatoms. The molecule has 0 bridgehead atoms. The first kappa shape index (κ1) is 28.2. The fourth-order valence-corrected chi connectivity index (χ4v) is 3.21. The first-order valence-corrected chi connectivity index (χ1v) is 12.1. The summed E-state index contributed by atoms with van der Waals surface area (Å²) in [5, 5.41) is 13.5. The number of rotatable bonds is 10. The highest BCUT2D eigenvalue weighted by Gasteiger charge is 2.13. The Bertz CT molecular complexity index is 852. The lowest BCUT2D eigenvalue weighted by Gasteiger charge is -2.19. The van der Waals surface area contributed by atoms with Crippen molar-refractivity contribution in [2.45, 2.75) is 25.8 Å². The summed E-state index contributed by atoms with van der Waals surface area (Å²) in [6, 6.07) is 24.5. The van der Waals surface area contributed by atoms with Gasteiger partial charge in [-0.15, -0.1) is 0 Å². The minimum Gasteiger partial charge on any atom is -0.400 e. The van der Waals surface area contributed by atoms with E-state index in [4.69, 9.17) is 5.11 Å². The highest BCUT2D eigenvalue weighted by Crippen LogP contribution is 2.08. The van der Waals surface area contributed by atoms with Crippen molar-refractivity contribution in [1.82, 2.24) is 15.0 Å². The monoisotopic (exact) mass is 468 g/mol. The number of aliphatic hydroxyl groups is 1. The number of amides is 1. The number of nitrogens with one attached hydrogen (secondary N) is 3. The van der Waals surface area contributed by atoms with Gasteiger partial charge in [0.1, 0.15) is 0 Å². The smallest absolute Gasteiger partial charge is 0.235 e. The molecule has 1 aromatic heterocycles. The number of pyridine rings is 1. The van der Waals surface area contributed by atoms with Gasteiger partial charge in [0.25, 0.3) is 0 Å². The molecule has 1 amide bonds. The number of benzene rings is 2. The third-order valence-corrected chi connectivity index (χ3v) is 4.94. The maximum Gasteiger partial charge on any atom is 0.235 e. The van der Waals surface area contributed by atoms with E-state index in [-0.39, 0.29) is 11.9 Å². The largest absolute Gasteiger partial charge is 0.400 e. The minimum absolute atomic E-state index is 0.0224. The average Bonchev–Trinajstić information content (AvgIpc) is 2.86. The third kappa shape index (κ3) is 14.0. The summed E-state index contributed by atoms with van der Waals surface area (Å²) in [6.07, 6.45) is 7.11. The lowest BCUT2D eigenvalue weighted by atomic mass is 10.0. The number of hydrogen-bond donors (Lipinski definition) is 4. The number of carbonyl (C=O) groups excluding carboxylic acids is 1. The molecular weight excluding hydrogens is 432 g/mol. The molecule has 0 aliphatic rings.